The fraction of sp³-hybridized carbons (Fsp3) is 0.278. The van der Waals surface area contributed by atoms with Crippen molar-refractivity contribution in [3.63, 3.8) is 0 Å². The Kier molecular flexibility index (Phi) is 3.54. The van der Waals surface area contributed by atoms with Crippen LogP contribution >= 0.6 is 0 Å². The second-order valence-corrected chi connectivity index (χ2v) is 6.13. The molecule has 0 amide bonds. The molecular formula is C18H14FNO5. The van der Waals surface area contributed by atoms with E-state index >= 15 is 0 Å². The molecule has 128 valence electrons. The molecule has 0 saturated heterocycles. The van der Waals surface area contributed by atoms with Crippen molar-refractivity contribution in [1.82, 2.24) is 5.16 Å². The summed E-state index contributed by atoms with van der Waals surface area (Å²) in [4.78, 5) is 24.9. The van der Waals surface area contributed by atoms with Gasteiger partial charge in [-0.25, -0.2) is 4.39 Å². The smallest absolute Gasteiger partial charge is 0.265 e. The Morgan fingerprint density at radius 3 is 2.84 bits per heavy atom. The predicted molar refractivity (Wildman–Crippen MR) is 82.8 cm³/mol. The summed E-state index contributed by atoms with van der Waals surface area (Å²) in [6, 6.07) is 9.20. The summed E-state index contributed by atoms with van der Waals surface area (Å²) in [6.07, 6.45) is 0.209. The van der Waals surface area contributed by atoms with Gasteiger partial charge in [-0.1, -0.05) is 30.3 Å². The first-order chi connectivity index (χ1) is 12.0. The monoisotopic (exact) mass is 343 g/mol. The SMILES string of the molecule is O=C1C=CC(F)C2Cc3onc(OCc4ccccc4)c3C(=O)C12O. The van der Waals surface area contributed by atoms with Gasteiger partial charge in [0.25, 0.3) is 5.88 Å². The van der Waals surface area contributed by atoms with Gasteiger partial charge in [-0.15, -0.1) is 0 Å². The first-order valence-electron chi connectivity index (χ1n) is 7.81. The van der Waals surface area contributed by atoms with Crippen LogP contribution < -0.4 is 4.74 Å². The van der Waals surface area contributed by atoms with Gasteiger partial charge in [-0.3, -0.25) is 9.59 Å². The van der Waals surface area contributed by atoms with E-state index in [-0.39, 0.29) is 30.2 Å². The van der Waals surface area contributed by atoms with Gasteiger partial charge in [-0.05, 0) is 22.9 Å². The first kappa shape index (κ1) is 15.7. The molecule has 0 spiro atoms. The minimum Gasteiger partial charge on any atom is -0.470 e. The van der Waals surface area contributed by atoms with E-state index in [2.05, 4.69) is 5.16 Å². The Morgan fingerprint density at radius 1 is 1.32 bits per heavy atom. The summed E-state index contributed by atoms with van der Waals surface area (Å²) in [7, 11) is 0. The molecule has 1 aromatic heterocycles. The molecule has 1 aromatic carbocycles. The van der Waals surface area contributed by atoms with Gasteiger partial charge < -0.3 is 14.4 Å². The van der Waals surface area contributed by atoms with Crippen LogP contribution in [-0.2, 0) is 17.8 Å². The van der Waals surface area contributed by atoms with E-state index in [0.29, 0.717) is 0 Å². The maximum atomic E-state index is 14.1. The number of ether oxygens (including phenoxy) is 1. The van der Waals surface area contributed by atoms with Crippen molar-refractivity contribution in [2.75, 3.05) is 0 Å². The number of carbonyl (C=O) groups excluding carboxylic acids is 2. The third kappa shape index (κ3) is 2.31. The molecule has 2 aromatic rings. The Morgan fingerprint density at radius 2 is 2.08 bits per heavy atom. The quantitative estimate of drug-likeness (QED) is 0.855. The zero-order valence-corrected chi connectivity index (χ0v) is 13.0. The number of Topliss-reactive ketones (excluding diaryl/α,β-unsaturated/α-hetero) is 1. The summed E-state index contributed by atoms with van der Waals surface area (Å²) in [5.74, 6) is -2.97. The Labute approximate surface area is 141 Å². The van der Waals surface area contributed by atoms with E-state index in [0.717, 1.165) is 17.7 Å². The third-order valence-electron chi connectivity index (χ3n) is 4.66. The Hall–Kier alpha value is -2.80. The average Bonchev–Trinajstić information content (AvgIpc) is 3.03. The molecule has 25 heavy (non-hydrogen) atoms. The number of fused-ring (bicyclic) bond motifs is 2. The lowest BCUT2D eigenvalue weighted by molar-refractivity contribution is -0.136. The molecule has 0 saturated carbocycles. The number of alkyl halides is 1. The number of aromatic nitrogens is 1. The van der Waals surface area contributed by atoms with E-state index in [4.69, 9.17) is 9.26 Å². The normalized spacial score (nSPS) is 27.8. The van der Waals surface area contributed by atoms with Crippen LogP contribution in [0.1, 0.15) is 21.7 Å². The molecular weight excluding hydrogens is 329 g/mol. The minimum atomic E-state index is -2.45. The molecule has 0 radical (unpaired) electrons. The molecule has 1 N–H and O–H groups in total. The van der Waals surface area contributed by atoms with Gasteiger partial charge in [0, 0.05) is 12.3 Å². The lowest BCUT2D eigenvalue weighted by Crippen LogP contribution is -2.59. The molecule has 3 atom stereocenters. The number of aliphatic hydroxyl groups is 1. The number of allylic oxidation sites excluding steroid dienone is 1. The van der Waals surface area contributed by atoms with E-state index in [9.17, 15) is 19.1 Å². The standard InChI is InChI=1S/C18H14FNO5/c19-12-6-7-14(21)18(23)11(12)8-13-15(16(18)22)17(20-25-13)24-9-10-4-2-1-3-5-10/h1-7,11-12,23H,8-9H2. The van der Waals surface area contributed by atoms with Crippen LogP contribution in [0.15, 0.2) is 47.0 Å². The van der Waals surface area contributed by atoms with Gasteiger partial charge in [0.2, 0.25) is 5.78 Å². The Balaban J connectivity index is 1.67. The largest absolute Gasteiger partial charge is 0.470 e. The molecule has 6 nitrogen and oxygen atoms in total. The second-order valence-electron chi connectivity index (χ2n) is 6.13. The summed E-state index contributed by atoms with van der Waals surface area (Å²) < 4.78 is 24.8. The van der Waals surface area contributed by atoms with E-state index in [1.807, 2.05) is 30.3 Å². The molecule has 7 heteroatoms. The minimum absolute atomic E-state index is 0.0921. The molecule has 2 aliphatic carbocycles. The van der Waals surface area contributed by atoms with Crippen LogP contribution in [0.25, 0.3) is 0 Å². The molecule has 0 aliphatic heterocycles. The van der Waals surface area contributed by atoms with Crippen molar-refractivity contribution in [1.29, 1.82) is 0 Å². The summed E-state index contributed by atoms with van der Waals surface area (Å²) >= 11 is 0. The van der Waals surface area contributed by atoms with E-state index < -0.39 is 29.3 Å². The van der Waals surface area contributed by atoms with Crippen LogP contribution in [0.4, 0.5) is 4.39 Å². The molecule has 4 rings (SSSR count). The molecule has 1 heterocycles. The summed E-state index contributed by atoms with van der Waals surface area (Å²) in [6.45, 7) is 0.133. The van der Waals surface area contributed by atoms with Crippen LogP contribution in [0, 0.1) is 5.92 Å². The van der Waals surface area contributed by atoms with Gasteiger partial charge in [-0.2, -0.15) is 0 Å². The summed E-state index contributed by atoms with van der Waals surface area (Å²) in [5.41, 5.74) is -1.69. The number of benzene rings is 1. The third-order valence-corrected chi connectivity index (χ3v) is 4.66. The van der Waals surface area contributed by atoms with Crippen molar-refractivity contribution in [2.45, 2.75) is 24.8 Å². The van der Waals surface area contributed by atoms with E-state index in [1.165, 1.54) is 0 Å². The van der Waals surface area contributed by atoms with Crippen LogP contribution in [0.2, 0.25) is 0 Å². The highest BCUT2D eigenvalue weighted by molar-refractivity contribution is 6.23. The van der Waals surface area contributed by atoms with Crippen LogP contribution in [0.5, 0.6) is 5.88 Å². The van der Waals surface area contributed by atoms with Crippen LogP contribution in [0.3, 0.4) is 0 Å². The van der Waals surface area contributed by atoms with Gasteiger partial charge in [0.15, 0.2) is 17.1 Å². The zero-order valence-electron chi connectivity index (χ0n) is 13.0. The highest BCUT2D eigenvalue weighted by Gasteiger charge is 2.59. The first-order valence-corrected chi connectivity index (χ1v) is 7.81. The number of hydrogen-bond acceptors (Lipinski definition) is 6. The Bertz CT molecular complexity index is 875. The number of ketones is 2. The lowest BCUT2D eigenvalue weighted by Gasteiger charge is -2.38. The summed E-state index contributed by atoms with van der Waals surface area (Å²) in [5, 5.41) is 14.4. The molecule has 3 unspecified atom stereocenters. The molecule has 0 fully saturated rings. The zero-order chi connectivity index (χ0) is 17.6. The van der Waals surface area contributed by atoms with Crippen molar-refractivity contribution < 1.29 is 28.3 Å². The number of halogens is 1. The predicted octanol–water partition coefficient (Wildman–Crippen LogP) is 1.82. The van der Waals surface area contributed by atoms with Crippen molar-refractivity contribution >= 4 is 11.6 Å². The van der Waals surface area contributed by atoms with Crippen molar-refractivity contribution in [3.8, 4) is 5.88 Å². The van der Waals surface area contributed by atoms with Crippen molar-refractivity contribution in [3.05, 3.63) is 59.4 Å². The highest BCUT2D eigenvalue weighted by atomic mass is 19.1. The number of rotatable bonds is 3. The number of carbonyl (C=O) groups is 2. The highest BCUT2D eigenvalue weighted by Crippen LogP contribution is 2.42. The van der Waals surface area contributed by atoms with Crippen LogP contribution in [-0.4, -0.2) is 33.6 Å². The van der Waals surface area contributed by atoms with E-state index in [1.54, 1.807) is 0 Å². The molecule has 2 aliphatic rings. The van der Waals surface area contributed by atoms with Crippen molar-refractivity contribution in [2.24, 2.45) is 5.92 Å². The van der Waals surface area contributed by atoms with Gasteiger partial charge in [0.1, 0.15) is 18.3 Å². The van der Waals surface area contributed by atoms with Gasteiger partial charge in [0.05, 0.1) is 0 Å². The topological polar surface area (TPSA) is 89.6 Å². The molecule has 0 bridgehead atoms. The average molecular weight is 343 g/mol. The number of hydrogen-bond donors (Lipinski definition) is 1. The fourth-order valence-corrected chi connectivity index (χ4v) is 3.28. The fourth-order valence-electron chi connectivity index (χ4n) is 3.28. The second kappa shape index (κ2) is 5.63. The van der Waals surface area contributed by atoms with Gasteiger partial charge >= 0.3 is 0 Å². The maximum absolute atomic E-state index is 14.1. The lowest BCUT2D eigenvalue weighted by atomic mass is 9.67. The number of nitrogens with zero attached hydrogens (tertiary/aromatic N) is 1. The maximum Gasteiger partial charge on any atom is 0.265 e.